The zero-order valence-corrected chi connectivity index (χ0v) is 14.1. The van der Waals surface area contributed by atoms with Crippen molar-refractivity contribution in [3.05, 3.63) is 90.6 Å². The maximum absolute atomic E-state index is 14.0. The second kappa shape index (κ2) is 5.99. The van der Waals surface area contributed by atoms with Gasteiger partial charge in [-0.15, -0.1) is 0 Å². The second-order valence-electron chi connectivity index (χ2n) is 6.28. The maximum atomic E-state index is 14.0. The van der Waals surface area contributed by atoms with Gasteiger partial charge in [-0.3, -0.25) is 4.98 Å². The molecule has 5 heteroatoms. The lowest BCUT2D eigenvalue weighted by atomic mass is 10.1. The molecule has 0 aliphatic heterocycles. The molecule has 0 radical (unpaired) electrons. The van der Waals surface area contributed by atoms with Gasteiger partial charge in [-0.1, -0.05) is 30.3 Å². The van der Waals surface area contributed by atoms with Crippen LogP contribution in [0.5, 0.6) is 0 Å². The minimum absolute atomic E-state index is 0.323. The Kier molecular flexibility index (Phi) is 3.47. The predicted octanol–water partition coefficient (Wildman–Crippen LogP) is 5.52. The molecule has 27 heavy (non-hydrogen) atoms. The summed E-state index contributed by atoms with van der Waals surface area (Å²) in [6.45, 7) is 0. The zero-order valence-electron chi connectivity index (χ0n) is 14.1. The smallest absolute Gasteiger partial charge is 0.124 e. The topological polar surface area (TPSA) is 30.7 Å². The fourth-order valence-corrected chi connectivity index (χ4v) is 3.33. The maximum Gasteiger partial charge on any atom is 0.124 e. The predicted molar refractivity (Wildman–Crippen MR) is 102 cm³/mol. The molecule has 0 fully saturated rings. The van der Waals surface area contributed by atoms with Gasteiger partial charge in [0.05, 0.1) is 16.7 Å². The molecule has 0 amide bonds. The summed E-state index contributed by atoms with van der Waals surface area (Å²) < 4.78 is 29.1. The van der Waals surface area contributed by atoms with E-state index in [1.807, 2.05) is 30.3 Å². The van der Waals surface area contributed by atoms with Crippen LogP contribution < -0.4 is 0 Å². The number of hydrogen-bond acceptors (Lipinski definition) is 2. The van der Waals surface area contributed by atoms with Gasteiger partial charge < -0.3 is 0 Å². The van der Waals surface area contributed by atoms with Crippen molar-refractivity contribution in [2.75, 3.05) is 0 Å². The van der Waals surface area contributed by atoms with Gasteiger partial charge in [0.1, 0.15) is 17.3 Å². The molecule has 0 saturated heterocycles. The van der Waals surface area contributed by atoms with Crippen molar-refractivity contribution in [2.24, 2.45) is 0 Å². The summed E-state index contributed by atoms with van der Waals surface area (Å²) in [6.07, 6.45) is 1.75. The summed E-state index contributed by atoms with van der Waals surface area (Å²) in [5.41, 5.74) is 3.78. The standard InChI is InChI=1S/C22H13F2N3/c23-15-6-9-17(10-7-15)27-22-18-12-16(24)8-11-20(18)25-13-19(22)21(26-27)14-4-2-1-3-5-14/h1-13H. The zero-order chi connectivity index (χ0) is 18.4. The number of halogens is 2. The Morgan fingerprint density at radius 3 is 2.26 bits per heavy atom. The average Bonchev–Trinajstić information content (AvgIpc) is 3.09. The van der Waals surface area contributed by atoms with Crippen LogP contribution in [0.15, 0.2) is 79.0 Å². The summed E-state index contributed by atoms with van der Waals surface area (Å²) in [6, 6.07) is 20.3. The lowest BCUT2D eigenvalue weighted by Gasteiger charge is -2.06. The van der Waals surface area contributed by atoms with Crippen LogP contribution in [-0.4, -0.2) is 14.8 Å². The van der Waals surface area contributed by atoms with Crippen molar-refractivity contribution in [3.63, 3.8) is 0 Å². The average molecular weight is 357 g/mol. The van der Waals surface area contributed by atoms with Crippen LogP contribution in [-0.2, 0) is 0 Å². The third-order valence-corrected chi connectivity index (χ3v) is 4.59. The van der Waals surface area contributed by atoms with Gasteiger partial charge in [-0.25, -0.2) is 13.5 Å². The molecule has 0 spiro atoms. The molecule has 0 bridgehead atoms. The van der Waals surface area contributed by atoms with Gasteiger partial charge >= 0.3 is 0 Å². The molecule has 0 aliphatic rings. The molecular formula is C22H13F2N3. The summed E-state index contributed by atoms with van der Waals surface area (Å²) >= 11 is 0. The molecule has 0 N–H and O–H groups in total. The van der Waals surface area contributed by atoms with Crippen LogP contribution in [0.1, 0.15) is 0 Å². The molecule has 2 heterocycles. The minimum Gasteiger partial charge on any atom is -0.255 e. The molecule has 3 aromatic carbocycles. The Hall–Kier alpha value is -3.60. The van der Waals surface area contributed by atoms with E-state index in [-0.39, 0.29) is 11.6 Å². The summed E-state index contributed by atoms with van der Waals surface area (Å²) in [4.78, 5) is 4.48. The lowest BCUT2D eigenvalue weighted by molar-refractivity contribution is 0.627. The van der Waals surface area contributed by atoms with Gasteiger partial charge in [-0.05, 0) is 42.5 Å². The van der Waals surface area contributed by atoms with Gasteiger partial charge in [0.25, 0.3) is 0 Å². The first-order valence-electron chi connectivity index (χ1n) is 8.49. The molecule has 130 valence electrons. The van der Waals surface area contributed by atoms with Crippen LogP contribution in [0, 0.1) is 11.6 Å². The number of rotatable bonds is 2. The van der Waals surface area contributed by atoms with Crippen LogP contribution >= 0.6 is 0 Å². The van der Waals surface area contributed by atoms with Gasteiger partial charge in [0.2, 0.25) is 0 Å². The van der Waals surface area contributed by atoms with Crippen molar-refractivity contribution in [1.82, 2.24) is 14.8 Å². The van der Waals surface area contributed by atoms with E-state index in [2.05, 4.69) is 4.98 Å². The molecular weight excluding hydrogens is 344 g/mol. The Morgan fingerprint density at radius 1 is 0.741 bits per heavy atom. The van der Waals surface area contributed by atoms with Crippen LogP contribution in [0.2, 0.25) is 0 Å². The van der Waals surface area contributed by atoms with Crippen LogP contribution in [0.3, 0.4) is 0 Å². The van der Waals surface area contributed by atoms with E-state index >= 15 is 0 Å². The largest absolute Gasteiger partial charge is 0.255 e. The number of fused-ring (bicyclic) bond motifs is 3. The van der Waals surface area contributed by atoms with Crippen LogP contribution in [0.25, 0.3) is 38.8 Å². The highest BCUT2D eigenvalue weighted by Gasteiger charge is 2.17. The highest BCUT2D eigenvalue weighted by Crippen LogP contribution is 2.33. The van der Waals surface area contributed by atoms with Crippen molar-refractivity contribution in [3.8, 4) is 16.9 Å². The number of hydrogen-bond donors (Lipinski definition) is 0. The van der Waals surface area contributed by atoms with E-state index in [1.165, 1.54) is 24.3 Å². The number of aromatic nitrogens is 3. The van der Waals surface area contributed by atoms with Crippen molar-refractivity contribution in [2.45, 2.75) is 0 Å². The van der Waals surface area contributed by atoms with E-state index in [0.29, 0.717) is 16.6 Å². The van der Waals surface area contributed by atoms with E-state index < -0.39 is 0 Å². The van der Waals surface area contributed by atoms with Crippen molar-refractivity contribution in [1.29, 1.82) is 0 Å². The molecule has 0 saturated carbocycles. The van der Waals surface area contributed by atoms with E-state index in [1.54, 1.807) is 29.1 Å². The van der Waals surface area contributed by atoms with Crippen LogP contribution in [0.4, 0.5) is 8.78 Å². The summed E-state index contributed by atoms with van der Waals surface area (Å²) in [5, 5.41) is 6.24. The first-order valence-corrected chi connectivity index (χ1v) is 8.49. The lowest BCUT2D eigenvalue weighted by Crippen LogP contribution is -1.97. The monoisotopic (exact) mass is 357 g/mol. The van der Waals surface area contributed by atoms with Crippen molar-refractivity contribution < 1.29 is 8.78 Å². The SMILES string of the molecule is Fc1ccc(-n2nc(-c3ccccc3)c3cnc4ccc(F)cc4c32)cc1. The van der Waals surface area contributed by atoms with Gasteiger partial charge in [0, 0.05) is 22.5 Å². The van der Waals surface area contributed by atoms with Crippen molar-refractivity contribution >= 4 is 21.8 Å². The Balaban J connectivity index is 1.92. The highest BCUT2D eigenvalue weighted by atomic mass is 19.1. The molecule has 5 aromatic rings. The number of pyridine rings is 1. The second-order valence-corrected chi connectivity index (χ2v) is 6.28. The molecule has 0 unspecified atom stereocenters. The molecule has 5 rings (SSSR count). The molecule has 0 aliphatic carbocycles. The highest BCUT2D eigenvalue weighted by molar-refractivity contribution is 6.08. The first kappa shape index (κ1) is 15.6. The molecule has 3 nitrogen and oxygen atoms in total. The Morgan fingerprint density at radius 2 is 1.48 bits per heavy atom. The molecule has 0 atom stereocenters. The Bertz CT molecular complexity index is 1280. The Labute approximate surface area is 153 Å². The summed E-state index contributed by atoms with van der Waals surface area (Å²) in [5.74, 6) is -0.666. The third-order valence-electron chi connectivity index (χ3n) is 4.59. The molecule has 2 aromatic heterocycles. The number of benzene rings is 3. The fraction of sp³-hybridized carbons (Fsp3) is 0. The van der Waals surface area contributed by atoms with Gasteiger partial charge in [-0.2, -0.15) is 5.10 Å². The fourth-order valence-electron chi connectivity index (χ4n) is 3.33. The quantitative estimate of drug-likeness (QED) is 0.416. The van der Waals surface area contributed by atoms with E-state index in [9.17, 15) is 8.78 Å². The van der Waals surface area contributed by atoms with E-state index in [4.69, 9.17) is 5.10 Å². The normalized spacial score (nSPS) is 11.3. The third kappa shape index (κ3) is 2.56. The van der Waals surface area contributed by atoms with E-state index in [0.717, 1.165) is 22.2 Å². The number of nitrogens with zero attached hydrogens (tertiary/aromatic N) is 3. The van der Waals surface area contributed by atoms with Gasteiger partial charge in [0.15, 0.2) is 0 Å². The minimum atomic E-state index is -0.343. The first-order chi connectivity index (χ1) is 13.2. The summed E-state index contributed by atoms with van der Waals surface area (Å²) in [7, 11) is 0.